The first-order chi connectivity index (χ1) is 17.8. The summed E-state index contributed by atoms with van der Waals surface area (Å²) in [6.07, 6.45) is 6.99. The van der Waals surface area contributed by atoms with Crippen molar-refractivity contribution in [3.63, 3.8) is 0 Å². The van der Waals surface area contributed by atoms with E-state index in [0.717, 1.165) is 30.0 Å². The van der Waals surface area contributed by atoms with Crippen LogP contribution in [0.4, 0.5) is 11.4 Å². The number of ether oxygens (including phenoxy) is 1. The second-order valence-electron chi connectivity index (χ2n) is 10.4. The van der Waals surface area contributed by atoms with Crippen molar-refractivity contribution in [3.05, 3.63) is 54.2 Å². The summed E-state index contributed by atoms with van der Waals surface area (Å²) in [4.78, 5) is 16.2. The predicted molar refractivity (Wildman–Crippen MR) is 142 cm³/mol. The summed E-state index contributed by atoms with van der Waals surface area (Å²) < 4.78 is 8.04. The minimum atomic E-state index is -1.02. The summed E-state index contributed by atoms with van der Waals surface area (Å²) in [7, 11) is 0. The molecule has 0 spiro atoms. The van der Waals surface area contributed by atoms with E-state index in [9.17, 15) is 10.2 Å². The molecule has 10 heteroatoms. The smallest absolute Gasteiger partial charge is 0.180 e. The van der Waals surface area contributed by atoms with E-state index in [1.54, 1.807) is 12.4 Å². The molecule has 194 valence electrons. The number of aromatic nitrogens is 4. The molecular weight excluding hydrogens is 470 g/mol. The second kappa shape index (κ2) is 9.44. The molecule has 4 N–H and O–H groups in total. The van der Waals surface area contributed by atoms with Crippen molar-refractivity contribution >= 4 is 28.1 Å². The van der Waals surface area contributed by atoms with E-state index in [0.29, 0.717) is 53.1 Å². The van der Waals surface area contributed by atoms with Crippen LogP contribution in [0.2, 0.25) is 0 Å². The molecule has 4 aromatic rings. The molecule has 1 saturated carbocycles. The van der Waals surface area contributed by atoms with Crippen LogP contribution in [0.15, 0.2) is 43.0 Å². The molecule has 4 heterocycles. The lowest BCUT2D eigenvalue weighted by Gasteiger charge is -2.38. The number of imidazole rings is 1. The first-order valence-corrected chi connectivity index (χ1v) is 12.9. The van der Waals surface area contributed by atoms with E-state index in [1.807, 2.05) is 41.9 Å². The predicted octanol–water partition coefficient (Wildman–Crippen LogP) is 2.78. The van der Waals surface area contributed by atoms with Crippen molar-refractivity contribution in [2.75, 3.05) is 23.3 Å². The van der Waals surface area contributed by atoms with Gasteiger partial charge >= 0.3 is 0 Å². The number of pyridine rings is 1. The molecule has 10 nitrogen and oxygen atoms in total. The van der Waals surface area contributed by atoms with Gasteiger partial charge in [0.2, 0.25) is 0 Å². The summed E-state index contributed by atoms with van der Waals surface area (Å²) in [5, 5.41) is 27.7. The summed E-state index contributed by atoms with van der Waals surface area (Å²) in [5.41, 5.74) is 5.36. The third kappa shape index (κ3) is 4.68. The number of aliphatic hydroxyl groups is 2. The number of nitrogens with one attached hydrogen (secondary N) is 2. The van der Waals surface area contributed by atoms with Crippen LogP contribution in [0.5, 0.6) is 5.75 Å². The van der Waals surface area contributed by atoms with Gasteiger partial charge in [-0.15, -0.1) is 0 Å². The zero-order chi connectivity index (χ0) is 25.7. The Morgan fingerprint density at radius 3 is 2.54 bits per heavy atom. The topological polar surface area (TPSA) is 120 Å². The number of anilines is 2. The van der Waals surface area contributed by atoms with Crippen LogP contribution in [0.1, 0.15) is 44.2 Å². The fourth-order valence-corrected chi connectivity index (χ4v) is 5.47. The number of hydrogen-bond donors (Lipinski definition) is 4. The fourth-order valence-electron chi connectivity index (χ4n) is 5.47. The zero-order valence-corrected chi connectivity index (χ0v) is 21.3. The molecule has 2 aliphatic rings. The standard InChI is InChI=1S/C27H33N7O3/c1-15-11-33(12-16(2)30-15)22-5-4-21(24-25(22)29-7-6-28-24)27(36)32-18-8-23(37-20-9-19(35)10-20)26-31-17(3)13-34(26)14-18/h4-8,13-16,19-20,27,30,32,35-36H,9-12H2,1-3H3/t15-,16-,19?,20?,27?/m0/s1. The van der Waals surface area contributed by atoms with Crippen LogP contribution in [0, 0.1) is 6.92 Å². The average Bonchev–Trinajstić information content (AvgIpc) is 3.22. The molecule has 0 amide bonds. The molecule has 3 aromatic heterocycles. The maximum absolute atomic E-state index is 11.3. The van der Waals surface area contributed by atoms with Crippen molar-refractivity contribution < 1.29 is 14.9 Å². The Morgan fingerprint density at radius 1 is 1.08 bits per heavy atom. The number of aryl methyl sites for hydroxylation is 1. The molecule has 1 aromatic carbocycles. The van der Waals surface area contributed by atoms with Crippen LogP contribution in [0.3, 0.4) is 0 Å². The van der Waals surface area contributed by atoms with Gasteiger partial charge in [-0.1, -0.05) is 6.07 Å². The molecule has 6 rings (SSSR count). The quantitative estimate of drug-likeness (QED) is 0.294. The van der Waals surface area contributed by atoms with Gasteiger partial charge < -0.3 is 34.9 Å². The molecule has 1 unspecified atom stereocenters. The van der Waals surface area contributed by atoms with Crippen LogP contribution < -0.4 is 20.3 Å². The van der Waals surface area contributed by atoms with Gasteiger partial charge in [0, 0.05) is 74.4 Å². The van der Waals surface area contributed by atoms with E-state index >= 15 is 0 Å². The third-order valence-electron chi connectivity index (χ3n) is 7.13. The van der Waals surface area contributed by atoms with Crippen molar-refractivity contribution in [3.8, 4) is 5.75 Å². The lowest BCUT2D eigenvalue weighted by molar-refractivity contribution is -0.0103. The van der Waals surface area contributed by atoms with E-state index in [4.69, 9.17) is 4.74 Å². The number of rotatable bonds is 6. The Balaban J connectivity index is 1.31. The van der Waals surface area contributed by atoms with Gasteiger partial charge in [-0.25, -0.2) is 4.98 Å². The Bertz CT molecular complexity index is 1420. The minimum Gasteiger partial charge on any atom is -0.486 e. The summed E-state index contributed by atoms with van der Waals surface area (Å²) in [6.45, 7) is 8.05. The van der Waals surface area contributed by atoms with Crippen LogP contribution in [0.25, 0.3) is 16.7 Å². The maximum Gasteiger partial charge on any atom is 0.180 e. The van der Waals surface area contributed by atoms with Crippen LogP contribution >= 0.6 is 0 Å². The summed E-state index contributed by atoms with van der Waals surface area (Å²) in [6, 6.07) is 6.53. The van der Waals surface area contributed by atoms with E-state index < -0.39 is 6.23 Å². The highest BCUT2D eigenvalue weighted by molar-refractivity contribution is 5.91. The molecule has 0 bridgehead atoms. The number of fused-ring (bicyclic) bond motifs is 2. The van der Waals surface area contributed by atoms with E-state index in [2.05, 4.69) is 44.3 Å². The van der Waals surface area contributed by atoms with Crippen molar-refractivity contribution in [2.45, 2.75) is 64.1 Å². The first kappa shape index (κ1) is 23.9. The van der Waals surface area contributed by atoms with Crippen molar-refractivity contribution in [2.24, 2.45) is 0 Å². The van der Waals surface area contributed by atoms with E-state index in [-0.39, 0.29) is 12.2 Å². The lowest BCUT2D eigenvalue weighted by atomic mass is 9.92. The number of hydrogen-bond acceptors (Lipinski definition) is 9. The van der Waals surface area contributed by atoms with Gasteiger partial charge in [0.05, 0.1) is 28.7 Å². The number of piperazine rings is 1. The highest BCUT2D eigenvalue weighted by Crippen LogP contribution is 2.34. The molecule has 37 heavy (non-hydrogen) atoms. The average molecular weight is 504 g/mol. The van der Waals surface area contributed by atoms with E-state index in [1.165, 1.54) is 0 Å². The molecular formula is C27H33N7O3. The SMILES string of the molecule is Cc1cn2cc(NC(O)c3ccc(N4C[C@H](C)N[C@@H](C)C4)c4nccnc34)cc(OC3CC(O)C3)c2n1. The largest absolute Gasteiger partial charge is 0.486 e. The van der Waals surface area contributed by atoms with Gasteiger partial charge in [-0.3, -0.25) is 9.97 Å². The number of nitrogens with zero attached hydrogens (tertiary/aromatic N) is 5. The number of aliphatic hydroxyl groups excluding tert-OH is 2. The van der Waals surface area contributed by atoms with Gasteiger partial charge in [0.25, 0.3) is 0 Å². The Morgan fingerprint density at radius 2 is 1.81 bits per heavy atom. The van der Waals surface area contributed by atoms with Gasteiger partial charge in [0.15, 0.2) is 17.6 Å². The fraction of sp³-hybridized carbons (Fsp3) is 0.444. The second-order valence-corrected chi connectivity index (χ2v) is 10.4. The summed E-state index contributed by atoms with van der Waals surface area (Å²) in [5.74, 6) is 0.615. The van der Waals surface area contributed by atoms with Gasteiger partial charge in [0.1, 0.15) is 11.6 Å². The maximum atomic E-state index is 11.3. The lowest BCUT2D eigenvalue weighted by Crippen LogP contribution is -2.54. The highest BCUT2D eigenvalue weighted by Gasteiger charge is 2.30. The molecule has 1 saturated heterocycles. The van der Waals surface area contributed by atoms with Crippen molar-refractivity contribution in [1.82, 2.24) is 24.7 Å². The Hall–Kier alpha value is -3.47. The van der Waals surface area contributed by atoms with Crippen LogP contribution in [-0.2, 0) is 0 Å². The molecule has 3 atom stereocenters. The van der Waals surface area contributed by atoms with Crippen LogP contribution in [-0.4, -0.2) is 66.9 Å². The third-order valence-corrected chi connectivity index (χ3v) is 7.13. The molecule has 1 aliphatic heterocycles. The molecule has 1 aliphatic carbocycles. The normalized spacial score (nSPS) is 24.7. The molecule has 0 radical (unpaired) electrons. The Kier molecular flexibility index (Phi) is 6.10. The van der Waals surface area contributed by atoms with Crippen molar-refractivity contribution in [1.29, 1.82) is 0 Å². The molecule has 2 fully saturated rings. The zero-order valence-electron chi connectivity index (χ0n) is 21.3. The number of benzene rings is 1. The Labute approximate surface area is 215 Å². The first-order valence-electron chi connectivity index (χ1n) is 12.9. The minimum absolute atomic E-state index is 0.0434. The monoisotopic (exact) mass is 503 g/mol. The van der Waals surface area contributed by atoms with Gasteiger partial charge in [-0.2, -0.15) is 0 Å². The van der Waals surface area contributed by atoms with Gasteiger partial charge in [-0.05, 0) is 26.8 Å². The highest BCUT2D eigenvalue weighted by atomic mass is 16.5. The summed E-state index contributed by atoms with van der Waals surface area (Å²) >= 11 is 0.